The smallest absolute Gasteiger partial charge is 0.367 e. The van der Waals surface area contributed by atoms with E-state index in [1.54, 1.807) is 6.92 Å². The van der Waals surface area contributed by atoms with Crippen LogP contribution in [0.4, 0.5) is 0 Å². The quantitative estimate of drug-likeness (QED) is 0.607. The Morgan fingerprint density at radius 2 is 2.33 bits per heavy atom. The molecule has 9 heteroatoms. The van der Waals surface area contributed by atoms with Gasteiger partial charge in [0, 0.05) is 24.2 Å². The molecule has 114 valence electrons. The fourth-order valence-corrected chi connectivity index (χ4v) is 3.37. The summed E-state index contributed by atoms with van der Waals surface area (Å²) in [4.78, 5) is 15.8. The number of nitrogens with two attached hydrogens (primary N) is 1. The van der Waals surface area contributed by atoms with Gasteiger partial charge >= 0.3 is 5.97 Å². The number of carbonyl (C=O) groups excluding carboxylic acids is 1. The molecule has 0 fully saturated rings. The van der Waals surface area contributed by atoms with Crippen LogP contribution in [0.2, 0.25) is 0 Å². The Bertz CT molecular complexity index is 611. The van der Waals surface area contributed by atoms with E-state index in [4.69, 9.17) is 10.5 Å². The molecule has 0 saturated carbocycles. The summed E-state index contributed by atoms with van der Waals surface area (Å²) < 4.78 is 6.90. The average Bonchev–Trinajstić information content (AvgIpc) is 3.06. The maximum Gasteiger partial charge on any atom is 0.367 e. The van der Waals surface area contributed by atoms with Crippen LogP contribution in [0, 0.1) is 6.92 Å². The number of rotatable bonds is 7. The van der Waals surface area contributed by atoms with Gasteiger partial charge in [0.05, 0.1) is 12.3 Å². The van der Waals surface area contributed by atoms with E-state index in [1.807, 2.05) is 16.9 Å². The molecule has 7 nitrogen and oxygen atoms in total. The summed E-state index contributed by atoms with van der Waals surface area (Å²) in [5, 5.41) is 11.2. The zero-order valence-electron chi connectivity index (χ0n) is 11.9. The molecule has 2 aromatic heterocycles. The van der Waals surface area contributed by atoms with E-state index >= 15 is 0 Å². The number of aryl methyl sites for hydroxylation is 1. The molecule has 0 bridgehead atoms. The highest BCUT2D eigenvalue weighted by molar-refractivity contribution is 7.98. The number of ether oxygens (including phenoxy) is 1. The number of carbonyl (C=O) groups is 1. The van der Waals surface area contributed by atoms with Crippen molar-refractivity contribution >= 4 is 29.1 Å². The predicted octanol–water partition coefficient (Wildman–Crippen LogP) is 1.47. The SMILES string of the molecule is CCOC(=O)c1nc(CSc2nnc(C)n2CCN)cs1. The highest BCUT2D eigenvalue weighted by atomic mass is 32.2. The van der Waals surface area contributed by atoms with Crippen LogP contribution < -0.4 is 5.73 Å². The summed E-state index contributed by atoms with van der Waals surface area (Å²) in [6, 6.07) is 0. The maximum absolute atomic E-state index is 11.6. The lowest BCUT2D eigenvalue weighted by molar-refractivity contribution is 0.0525. The van der Waals surface area contributed by atoms with Crippen LogP contribution >= 0.6 is 23.1 Å². The Hall–Kier alpha value is -1.45. The van der Waals surface area contributed by atoms with Crippen LogP contribution in [0.3, 0.4) is 0 Å². The van der Waals surface area contributed by atoms with Gasteiger partial charge in [0.25, 0.3) is 0 Å². The fraction of sp³-hybridized carbons (Fsp3) is 0.500. The minimum absolute atomic E-state index is 0.351. The second kappa shape index (κ2) is 7.53. The first-order valence-electron chi connectivity index (χ1n) is 6.50. The molecule has 2 N–H and O–H groups in total. The van der Waals surface area contributed by atoms with Crippen LogP contribution in [0.15, 0.2) is 10.5 Å². The van der Waals surface area contributed by atoms with Crippen molar-refractivity contribution in [1.29, 1.82) is 0 Å². The van der Waals surface area contributed by atoms with E-state index in [-0.39, 0.29) is 5.97 Å². The normalized spacial score (nSPS) is 10.8. The Balaban J connectivity index is 1.99. The molecule has 0 aromatic carbocycles. The third-order valence-electron chi connectivity index (χ3n) is 2.61. The molecule has 2 rings (SSSR count). The first-order chi connectivity index (χ1) is 10.2. The van der Waals surface area contributed by atoms with Gasteiger partial charge in [0.2, 0.25) is 5.01 Å². The van der Waals surface area contributed by atoms with Crippen LogP contribution in [0.1, 0.15) is 28.2 Å². The lowest BCUT2D eigenvalue weighted by Gasteiger charge is -2.05. The van der Waals surface area contributed by atoms with Gasteiger partial charge < -0.3 is 15.0 Å². The van der Waals surface area contributed by atoms with E-state index < -0.39 is 0 Å². The Kier molecular flexibility index (Phi) is 5.71. The highest BCUT2D eigenvalue weighted by Crippen LogP contribution is 2.23. The summed E-state index contributed by atoms with van der Waals surface area (Å²) in [5.41, 5.74) is 6.41. The predicted molar refractivity (Wildman–Crippen MR) is 81.4 cm³/mol. The molecule has 0 atom stereocenters. The molecular weight excluding hydrogens is 310 g/mol. The topological polar surface area (TPSA) is 95.9 Å². The standard InChI is InChI=1S/C12H17N5O2S2/c1-3-19-11(18)10-14-9(6-20-10)7-21-12-16-15-8(2)17(12)5-4-13/h6H,3-5,7,13H2,1-2H3. The Morgan fingerprint density at radius 3 is 3.05 bits per heavy atom. The lowest BCUT2D eigenvalue weighted by Crippen LogP contribution is -2.12. The molecule has 2 aromatic rings. The third kappa shape index (κ3) is 4.02. The second-order valence-electron chi connectivity index (χ2n) is 4.12. The van der Waals surface area contributed by atoms with Gasteiger partial charge in [-0.1, -0.05) is 11.8 Å². The van der Waals surface area contributed by atoms with Gasteiger partial charge in [-0.3, -0.25) is 0 Å². The Labute approximate surface area is 130 Å². The molecule has 0 radical (unpaired) electrons. The van der Waals surface area contributed by atoms with Gasteiger partial charge in [-0.05, 0) is 13.8 Å². The number of hydrogen-bond acceptors (Lipinski definition) is 8. The monoisotopic (exact) mass is 327 g/mol. The summed E-state index contributed by atoms with van der Waals surface area (Å²) in [6.07, 6.45) is 0. The number of thioether (sulfide) groups is 1. The van der Waals surface area contributed by atoms with Gasteiger partial charge in [0.1, 0.15) is 5.82 Å². The highest BCUT2D eigenvalue weighted by Gasteiger charge is 2.14. The minimum atomic E-state index is -0.374. The summed E-state index contributed by atoms with van der Waals surface area (Å²) >= 11 is 2.82. The maximum atomic E-state index is 11.6. The molecule has 0 aliphatic carbocycles. The summed E-state index contributed by atoms with van der Waals surface area (Å²) in [6.45, 7) is 5.25. The average molecular weight is 327 g/mol. The van der Waals surface area contributed by atoms with E-state index in [1.165, 1.54) is 23.1 Å². The molecule has 0 amide bonds. The molecule has 0 aliphatic rings. The van der Waals surface area contributed by atoms with Crippen molar-refractivity contribution in [1.82, 2.24) is 19.7 Å². The van der Waals surface area contributed by atoms with Crippen molar-refractivity contribution in [3.63, 3.8) is 0 Å². The number of aromatic nitrogens is 4. The first-order valence-corrected chi connectivity index (χ1v) is 8.36. The minimum Gasteiger partial charge on any atom is -0.461 e. The van der Waals surface area contributed by atoms with Crippen LogP contribution in [-0.4, -0.2) is 38.9 Å². The van der Waals surface area contributed by atoms with Crippen molar-refractivity contribution in [2.45, 2.75) is 31.3 Å². The molecule has 0 unspecified atom stereocenters. The van der Waals surface area contributed by atoms with E-state index in [2.05, 4.69) is 15.2 Å². The third-order valence-corrected chi connectivity index (χ3v) is 4.48. The van der Waals surface area contributed by atoms with Crippen molar-refractivity contribution in [3.8, 4) is 0 Å². The molecule has 0 spiro atoms. The van der Waals surface area contributed by atoms with Gasteiger partial charge in [-0.2, -0.15) is 0 Å². The largest absolute Gasteiger partial charge is 0.461 e. The molecule has 21 heavy (non-hydrogen) atoms. The Morgan fingerprint density at radius 1 is 1.52 bits per heavy atom. The molecule has 0 saturated heterocycles. The van der Waals surface area contributed by atoms with Crippen molar-refractivity contribution < 1.29 is 9.53 Å². The molecule has 2 heterocycles. The number of hydrogen-bond donors (Lipinski definition) is 1. The number of thiazole rings is 1. The van der Waals surface area contributed by atoms with Gasteiger partial charge in [-0.15, -0.1) is 21.5 Å². The van der Waals surface area contributed by atoms with Crippen molar-refractivity contribution in [2.75, 3.05) is 13.2 Å². The van der Waals surface area contributed by atoms with E-state index in [9.17, 15) is 4.79 Å². The second-order valence-corrected chi connectivity index (χ2v) is 5.92. The van der Waals surface area contributed by atoms with Crippen molar-refractivity contribution in [3.05, 3.63) is 21.9 Å². The molecule has 0 aliphatic heterocycles. The lowest BCUT2D eigenvalue weighted by atomic mass is 10.6. The fourth-order valence-electron chi connectivity index (χ4n) is 1.65. The van der Waals surface area contributed by atoms with E-state index in [0.29, 0.717) is 30.5 Å². The van der Waals surface area contributed by atoms with Gasteiger partial charge in [-0.25, -0.2) is 9.78 Å². The van der Waals surface area contributed by atoms with Crippen LogP contribution in [-0.2, 0) is 17.0 Å². The van der Waals surface area contributed by atoms with Crippen LogP contribution in [0.25, 0.3) is 0 Å². The first kappa shape index (κ1) is 15.9. The van der Waals surface area contributed by atoms with Crippen LogP contribution in [0.5, 0.6) is 0 Å². The zero-order valence-corrected chi connectivity index (χ0v) is 13.5. The zero-order chi connectivity index (χ0) is 15.2. The van der Waals surface area contributed by atoms with Crippen molar-refractivity contribution in [2.24, 2.45) is 5.73 Å². The van der Waals surface area contributed by atoms with Gasteiger partial charge in [0.15, 0.2) is 5.16 Å². The molecular formula is C12H17N5O2S2. The summed E-state index contributed by atoms with van der Waals surface area (Å²) in [5.74, 6) is 1.09. The number of nitrogens with zero attached hydrogens (tertiary/aromatic N) is 4. The summed E-state index contributed by atoms with van der Waals surface area (Å²) in [7, 11) is 0. The number of esters is 1. The van der Waals surface area contributed by atoms with E-state index in [0.717, 1.165) is 16.7 Å².